The van der Waals surface area contributed by atoms with E-state index in [0.717, 1.165) is 37.6 Å². The summed E-state index contributed by atoms with van der Waals surface area (Å²) in [6.45, 7) is 3.78. The Morgan fingerprint density at radius 3 is 2.82 bits per heavy atom. The number of hydrogen-bond acceptors (Lipinski definition) is 4. The molecule has 0 atom stereocenters. The number of nitrogens with zero attached hydrogens (tertiary/aromatic N) is 1. The first-order chi connectivity index (χ1) is 8.31. The molecule has 0 saturated carbocycles. The lowest BCUT2D eigenvalue weighted by Gasteiger charge is -2.29. The number of rotatable bonds is 3. The van der Waals surface area contributed by atoms with E-state index in [-0.39, 0.29) is 5.75 Å². The summed E-state index contributed by atoms with van der Waals surface area (Å²) in [7, 11) is 0. The van der Waals surface area contributed by atoms with Crippen molar-refractivity contribution in [2.45, 2.75) is 0 Å². The zero-order valence-electron chi connectivity index (χ0n) is 9.80. The highest BCUT2D eigenvalue weighted by molar-refractivity contribution is 5.64. The number of ether oxygens (including phenoxy) is 1. The van der Waals surface area contributed by atoms with Gasteiger partial charge in [0.05, 0.1) is 13.2 Å². The summed E-state index contributed by atoms with van der Waals surface area (Å²) < 4.78 is 5.32. The van der Waals surface area contributed by atoms with Crippen molar-refractivity contribution >= 4 is 11.8 Å². The molecule has 3 N–H and O–H groups in total. The van der Waals surface area contributed by atoms with Crippen molar-refractivity contribution in [2.24, 2.45) is 5.73 Å². The van der Waals surface area contributed by atoms with Crippen molar-refractivity contribution in [1.82, 2.24) is 0 Å². The van der Waals surface area contributed by atoms with Crippen molar-refractivity contribution in [3.05, 3.63) is 29.8 Å². The largest absolute Gasteiger partial charge is 0.507 e. The van der Waals surface area contributed by atoms with Crippen molar-refractivity contribution in [2.75, 3.05) is 37.7 Å². The zero-order valence-corrected chi connectivity index (χ0v) is 9.80. The molecule has 1 aliphatic rings. The SMILES string of the molecule is NC/C=C/c1cc(N2CCOCC2)ccc1O. The first-order valence-electron chi connectivity index (χ1n) is 5.83. The Morgan fingerprint density at radius 2 is 2.12 bits per heavy atom. The first kappa shape index (κ1) is 12.0. The molecular formula is C13H18N2O2. The van der Waals surface area contributed by atoms with E-state index in [0.29, 0.717) is 6.54 Å². The fourth-order valence-electron chi connectivity index (χ4n) is 1.89. The Morgan fingerprint density at radius 1 is 1.35 bits per heavy atom. The Hall–Kier alpha value is -1.52. The van der Waals surface area contributed by atoms with Crippen LogP contribution in [0.2, 0.25) is 0 Å². The molecule has 1 aromatic rings. The Kier molecular flexibility index (Phi) is 4.01. The van der Waals surface area contributed by atoms with Gasteiger partial charge in [-0.2, -0.15) is 0 Å². The van der Waals surface area contributed by atoms with Crippen molar-refractivity contribution in [3.63, 3.8) is 0 Å². The molecule has 0 radical (unpaired) electrons. The van der Waals surface area contributed by atoms with Gasteiger partial charge in [-0.3, -0.25) is 0 Å². The minimum atomic E-state index is 0.284. The van der Waals surface area contributed by atoms with Crippen LogP contribution in [0.3, 0.4) is 0 Å². The summed E-state index contributed by atoms with van der Waals surface area (Å²) in [6.07, 6.45) is 3.68. The van der Waals surface area contributed by atoms with E-state index in [1.807, 2.05) is 24.3 Å². The van der Waals surface area contributed by atoms with Crippen LogP contribution in [0.5, 0.6) is 5.75 Å². The number of anilines is 1. The monoisotopic (exact) mass is 234 g/mol. The molecule has 17 heavy (non-hydrogen) atoms. The van der Waals surface area contributed by atoms with E-state index in [1.165, 1.54) is 0 Å². The van der Waals surface area contributed by atoms with Crippen LogP contribution in [0.25, 0.3) is 6.08 Å². The Labute approximate surface area is 101 Å². The lowest BCUT2D eigenvalue weighted by Crippen LogP contribution is -2.36. The highest BCUT2D eigenvalue weighted by atomic mass is 16.5. The number of hydrogen-bond donors (Lipinski definition) is 2. The quantitative estimate of drug-likeness (QED) is 0.825. The fourth-order valence-corrected chi connectivity index (χ4v) is 1.89. The van der Waals surface area contributed by atoms with Gasteiger partial charge in [-0.25, -0.2) is 0 Å². The molecule has 1 heterocycles. The maximum atomic E-state index is 9.72. The molecule has 4 heteroatoms. The van der Waals surface area contributed by atoms with E-state index in [2.05, 4.69) is 4.90 Å². The van der Waals surface area contributed by atoms with Gasteiger partial charge in [-0.1, -0.05) is 12.2 Å². The number of benzene rings is 1. The van der Waals surface area contributed by atoms with E-state index >= 15 is 0 Å². The molecule has 0 amide bonds. The highest BCUT2D eigenvalue weighted by Crippen LogP contribution is 2.25. The topological polar surface area (TPSA) is 58.7 Å². The second-order valence-corrected chi connectivity index (χ2v) is 3.98. The lowest BCUT2D eigenvalue weighted by molar-refractivity contribution is 0.122. The van der Waals surface area contributed by atoms with E-state index in [1.54, 1.807) is 6.07 Å². The molecule has 0 spiro atoms. The molecule has 4 nitrogen and oxygen atoms in total. The third-order valence-corrected chi connectivity index (χ3v) is 2.82. The van der Waals surface area contributed by atoms with Gasteiger partial charge < -0.3 is 20.5 Å². The van der Waals surface area contributed by atoms with Crippen LogP contribution in [-0.2, 0) is 4.74 Å². The molecular weight excluding hydrogens is 216 g/mol. The Bertz CT molecular complexity index is 398. The summed E-state index contributed by atoms with van der Waals surface area (Å²) in [5, 5.41) is 9.72. The number of phenolic OH excluding ortho intramolecular Hbond substituents is 1. The van der Waals surface area contributed by atoms with Crippen LogP contribution in [0.15, 0.2) is 24.3 Å². The van der Waals surface area contributed by atoms with Gasteiger partial charge in [0.2, 0.25) is 0 Å². The molecule has 1 aliphatic heterocycles. The van der Waals surface area contributed by atoms with Gasteiger partial charge in [0.15, 0.2) is 0 Å². The number of morpholine rings is 1. The minimum absolute atomic E-state index is 0.284. The van der Waals surface area contributed by atoms with Crippen LogP contribution in [-0.4, -0.2) is 38.0 Å². The second-order valence-electron chi connectivity index (χ2n) is 3.98. The van der Waals surface area contributed by atoms with Crippen LogP contribution in [0.1, 0.15) is 5.56 Å². The van der Waals surface area contributed by atoms with Crippen molar-refractivity contribution < 1.29 is 9.84 Å². The summed E-state index contributed by atoms with van der Waals surface area (Å²) in [6, 6.07) is 5.63. The fraction of sp³-hybridized carbons (Fsp3) is 0.385. The average Bonchev–Trinajstić information content (AvgIpc) is 2.39. The van der Waals surface area contributed by atoms with E-state index in [4.69, 9.17) is 10.5 Å². The summed E-state index contributed by atoms with van der Waals surface area (Å²) in [4.78, 5) is 2.25. The van der Waals surface area contributed by atoms with Gasteiger partial charge in [0.25, 0.3) is 0 Å². The van der Waals surface area contributed by atoms with Gasteiger partial charge in [0, 0.05) is 30.9 Å². The van der Waals surface area contributed by atoms with Crippen molar-refractivity contribution in [3.8, 4) is 5.75 Å². The molecule has 1 aromatic carbocycles. The standard InChI is InChI=1S/C13H18N2O2/c14-5-1-2-11-10-12(3-4-13(11)16)15-6-8-17-9-7-15/h1-4,10,16H,5-9,14H2/b2-1+. The molecule has 92 valence electrons. The first-order valence-corrected chi connectivity index (χ1v) is 5.83. The predicted molar refractivity (Wildman–Crippen MR) is 69.2 cm³/mol. The van der Waals surface area contributed by atoms with Gasteiger partial charge >= 0.3 is 0 Å². The lowest BCUT2D eigenvalue weighted by atomic mass is 10.1. The maximum Gasteiger partial charge on any atom is 0.122 e. The smallest absolute Gasteiger partial charge is 0.122 e. The van der Waals surface area contributed by atoms with E-state index < -0.39 is 0 Å². The van der Waals surface area contributed by atoms with Gasteiger partial charge in [0.1, 0.15) is 5.75 Å². The minimum Gasteiger partial charge on any atom is -0.507 e. The molecule has 0 bridgehead atoms. The number of phenols is 1. The van der Waals surface area contributed by atoms with Crippen LogP contribution < -0.4 is 10.6 Å². The second kappa shape index (κ2) is 5.70. The zero-order chi connectivity index (χ0) is 12.1. The molecule has 0 unspecified atom stereocenters. The average molecular weight is 234 g/mol. The van der Waals surface area contributed by atoms with Gasteiger partial charge in [-0.05, 0) is 18.2 Å². The molecule has 0 aromatic heterocycles. The maximum absolute atomic E-state index is 9.72. The van der Waals surface area contributed by atoms with Crippen LogP contribution in [0.4, 0.5) is 5.69 Å². The molecule has 0 aliphatic carbocycles. The molecule has 1 saturated heterocycles. The van der Waals surface area contributed by atoms with Crippen LogP contribution in [0, 0.1) is 0 Å². The predicted octanol–water partition coefficient (Wildman–Crippen LogP) is 1.20. The highest BCUT2D eigenvalue weighted by Gasteiger charge is 2.12. The normalized spacial score (nSPS) is 16.6. The van der Waals surface area contributed by atoms with Crippen molar-refractivity contribution in [1.29, 1.82) is 0 Å². The summed E-state index contributed by atoms with van der Waals surface area (Å²) >= 11 is 0. The number of aromatic hydroxyl groups is 1. The Balaban J connectivity index is 2.20. The third-order valence-electron chi connectivity index (χ3n) is 2.82. The summed E-state index contributed by atoms with van der Waals surface area (Å²) in [5.74, 6) is 0.284. The summed E-state index contributed by atoms with van der Waals surface area (Å²) in [5.41, 5.74) is 7.33. The van der Waals surface area contributed by atoms with Gasteiger partial charge in [-0.15, -0.1) is 0 Å². The molecule has 2 rings (SSSR count). The third kappa shape index (κ3) is 2.99. The van der Waals surface area contributed by atoms with E-state index in [9.17, 15) is 5.11 Å². The van der Waals surface area contributed by atoms with Crippen LogP contribution >= 0.6 is 0 Å². The molecule has 1 fully saturated rings. The number of nitrogens with two attached hydrogens (primary N) is 1.